The van der Waals surface area contributed by atoms with Crippen LogP contribution in [0.4, 0.5) is 0 Å². The number of likely N-dealkylation sites (tertiary alicyclic amines) is 1. The molecule has 0 amide bonds. The highest BCUT2D eigenvalue weighted by Gasteiger charge is 2.26. The molecule has 0 aliphatic carbocycles. The van der Waals surface area contributed by atoms with Crippen molar-refractivity contribution in [1.82, 2.24) is 4.90 Å². The quantitative estimate of drug-likeness (QED) is 0.694. The molecule has 1 aromatic carbocycles. The zero-order valence-corrected chi connectivity index (χ0v) is 15.0. The van der Waals surface area contributed by atoms with Crippen molar-refractivity contribution in [3.8, 4) is 5.75 Å². The van der Waals surface area contributed by atoms with Crippen LogP contribution in [0.1, 0.15) is 33.6 Å². The van der Waals surface area contributed by atoms with Gasteiger partial charge in [-0.05, 0) is 84.6 Å². The predicted octanol–water partition coefficient (Wildman–Crippen LogP) is 4.43. The van der Waals surface area contributed by atoms with E-state index in [0.29, 0.717) is 12.0 Å². The molecule has 3 heteroatoms. The molecule has 0 aromatic heterocycles. The molecule has 0 radical (unpaired) electrons. The van der Waals surface area contributed by atoms with E-state index in [1.54, 1.807) is 0 Å². The van der Waals surface area contributed by atoms with E-state index < -0.39 is 0 Å². The van der Waals surface area contributed by atoms with E-state index in [2.05, 4.69) is 72.5 Å². The van der Waals surface area contributed by atoms with E-state index in [0.717, 1.165) is 18.3 Å². The summed E-state index contributed by atoms with van der Waals surface area (Å²) in [6.07, 6.45) is 2.65. The fourth-order valence-corrected chi connectivity index (χ4v) is 3.15. The van der Waals surface area contributed by atoms with Gasteiger partial charge >= 0.3 is 0 Å². The van der Waals surface area contributed by atoms with Crippen LogP contribution in [0.5, 0.6) is 5.75 Å². The highest BCUT2D eigenvalue weighted by molar-refractivity contribution is 14.1. The maximum Gasteiger partial charge on any atom is 0.119 e. The second-order valence-electron chi connectivity index (χ2n) is 6.29. The van der Waals surface area contributed by atoms with Crippen LogP contribution in [-0.2, 0) is 0 Å². The Labute approximate surface area is 137 Å². The van der Waals surface area contributed by atoms with Crippen LogP contribution < -0.4 is 4.74 Å². The number of piperidine rings is 1. The Hall–Kier alpha value is -0.290. The predicted molar refractivity (Wildman–Crippen MR) is 93.3 cm³/mol. The first-order valence-electron chi connectivity index (χ1n) is 7.68. The van der Waals surface area contributed by atoms with Crippen LogP contribution in [0.3, 0.4) is 0 Å². The summed E-state index contributed by atoms with van der Waals surface area (Å²) in [6, 6.07) is 8.86. The van der Waals surface area contributed by atoms with E-state index in [4.69, 9.17) is 4.74 Å². The Morgan fingerprint density at radius 3 is 2.35 bits per heavy atom. The van der Waals surface area contributed by atoms with Gasteiger partial charge < -0.3 is 4.74 Å². The Bertz CT molecular complexity index is 396. The van der Waals surface area contributed by atoms with E-state index in [1.165, 1.54) is 29.5 Å². The topological polar surface area (TPSA) is 12.5 Å². The third-order valence-corrected chi connectivity index (χ3v) is 5.01. The second kappa shape index (κ2) is 7.64. The van der Waals surface area contributed by atoms with Gasteiger partial charge in [-0.3, -0.25) is 4.90 Å². The summed E-state index contributed by atoms with van der Waals surface area (Å²) in [6.45, 7) is 10.2. The van der Waals surface area contributed by atoms with Crippen LogP contribution in [0.2, 0.25) is 0 Å². The van der Waals surface area contributed by atoms with Gasteiger partial charge in [-0.1, -0.05) is 20.8 Å². The molecule has 1 fully saturated rings. The summed E-state index contributed by atoms with van der Waals surface area (Å²) >= 11 is 2.32. The molecule has 1 saturated heterocycles. The van der Waals surface area contributed by atoms with Crippen LogP contribution in [0.25, 0.3) is 0 Å². The Morgan fingerprint density at radius 1 is 1.20 bits per heavy atom. The second-order valence-corrected chi connectivity index (χ2v) is 7.54. The lowest BCUT2D eigenvalue weighted by atomic mass is 9.95. The monoisotopic (exact) mass is 387 g/mol. The molecule has 1 aromatic rings. The molecular weight excluding hydrogens is 361 g/mol. The Morgan fingerprint density at radius 2 is 1.80 bits per heavy atom. The largest absolute Gasteiger partial charge is 0.492 e. The van der Waals surface area contributed by atoms with Crippen LogP contribution in [-0.4, -0.2) is 30.6 Å². The lowest BCUT2D eigenvalue weighted by Crippen LogP contribution is -2.46. The SMILES string of the molecule is CC1CCN(C(COc2ccc(I)cc2)C(C)C)CC1. The highest BCUT2D eigenvalue weighted by atomic mass is 127. The average molecular weight is 387 g/mol. The van der Waals surface area contributed by atoms with Crippen molar-refractivity contribution in [3.63, 3.8) is 0 Å². The number of ether oxygens (including phenoxy) is 1. The van der Waals surface area contributed by atoms with Gasteiger partial charge in [0, 0.05) is 9.61 Å². The van der Waals surface area contributed by atoms with Crippen molar-refractivity contribution >= 4 is 22.6 Å². The molecule has 2 nitrogen and oxygen atoms in total. The van der Waals surface area contributed by atoms with Crippen LogP contribution >= 0.6 is 22.6 Å². The highest BCUT2D eigenvalue weighted by Crippen LogP contribution is 2.22. The first-order valence-corrected chi connectivity index (χ1v) is 8.76. The summed E-state index contributed by atoms with van der Waals surface area (Å²) < 4.78 is 7.27. The number of hydrogen-bond donors (Lipinski definition) is 0. The molecule has 1 atom stereocenters. The number of halogens is 1. The van der Waals surface area contributed by atoms with Gasteiger partial charge in [0.2, 0.25) is 0 Å². The van der Waals surface area contributed by atoms with Crippen molar-refractivity contribution in [2.24, 2.45) is 11.8 Å². The molecule has 2 rings (SSSR count). The van der Waals surface area contributed by atoms with Crippen molar-refractivity contribution in [2.75, 3.05) is 19.7 Å². The minimum absolute atomic E-state index is 0.529. The number of rotatable bonds is 5. The molecule has 112 valence electrons. The normalized spacial score (nSPS) is 19.2. The first-order chi connectivity index (χ1) is 9.56. The molecule has 0 bridgehead atoms. The first kappa shape index (κ1) is 16.1. The van der Waals surface area contributed by atoms with Gasteiger partial charge in [-0.15, -0.1) is 0 Å². The van der Waals surface area contributed by atoms with Crippen LogP contribution in [0, 0.1) is 15.4 Å². The Balaban J connectivity index is 1.90. The summed E-state index contributed by atoms with van der Waals surface area (Å²) in [5, 5.41) is 0. The Kier molecular flexibility index (Phi) is 6.15. The molecule has 0 spiro atoms. The molecule has 1 aliphatic heterocycles. The van der Waals surface area contributed by atoms with Crippen molar-refractivity contribution in [2.45, 2.75) is 39.7 Å². The van der Waals surface area contributed by atoms with E-state index in [1.807, 2.05) is 0 Å². The number of hydrogen-bond acceptors (Lipinski definition) is 2. The van der Waals surface area contributed by atoms with Gasteiger partial charge in [0.05, 0.1) is 0 Å². The van der Waals surface area contributed by atoms with Gasteiger partial charge in [0.25, 0.3) is 0 Å². The molecule has 1 aliphatic rings. The van der Waals surface area contributed by atoms with Crippen molar-refractivity contribution in [3.05, 3.63) is 27.8 Å². The third kappa shape index (κ3) is 4.62. The summed E-state index contributed by atoms with van der Waals surface area (Å²) in [5.41, 5.74) is 0. The maximum absolute atomic E-state index is 6.02. The lowest BCUT2D eigenvalue weighted by Gasteiger charge is -2.38. The van der Waals surface area contributed by atoms with Crippen LogP contribution in [0.15, 0.2) is 24.3 Å². The summed E-state index contributed by atoms with van der Waals surface area (Å²) in [7, 11) is 0. The minimum atomic E-state index is 0.529. The molecule has 20 heavy (non-hydrogen) atoms. The molecule has 0 N–H and O–H groups in total. The molecule has 1 unspecified atom stereocenters. The van der Waals surface area contributed by atoms with Crippen molar-refractivity contribution in [1.29, 1.82) is 0 Å². The van der Waals surface area contributed by atoms with Gasteiger partial charge in [-0.25, -0.2) is 0 Å². The maximum atomic E-state index is 6.02. The fourth-order valence-electron chi connectivity index (χ4n) is 2.79. The number of nitrogens with zero attached hydrogens (tertiary/aromatic N) is 1. The van der Waals surface area contributed by atoms with Gasteiger partial charge in [0.15, 0.2) is 0 Å². The number of benzene rings is 1. The summed E-state index contributed by atoms with van der Waals surface area (Å²) in [5.74, 6) is 2.50. The van der Waals surface area contributed by atoms with E-state index >= 15 is 0 Å². The standard InChI is InChI=1S/C17H26INO/c1-13(2)17(19-10-8-14(3)9-11-19)12-20-16-6-4-15(18)5-7-16/h4-7,13-14,17H,8-12H2,1-3H3. The van der Waals surface area contributed by atoms with E-state index in [-0.39, 0.29) is 0 Å². The molecule has 1 heterocycles. The average Bonchev–Trinajstić information content (AvgIpc) is 2.43. The van der Waals surface area contributed by atoms with E-state index in [9.17, 15) is 0 Å². The zero-order chi connectivity index (χ0) is 14.5. The third-order valence-electron chi connectivity index (χ3n) is 4.29. The zero-order valence-electron chi connectivity index (χ0n) is 12.8. The lowest BCUT2D eigenvalue weighted by molar-refractivity contribution is 0.0712. The van der Waals surface area contributed by atoms with Gasteiger partial charge in [0.1, 0.15) is 12.4 Å². The minimum Gasteiger partial charge on any atom is -0.492 e. The summed E-state index contributed by atoms with van der Waals surface area (Å²) in [4.78, 5) is 2.62. The smallest absolute Gasteiger partial charge is 0.119 e. The molecular formula is C17H26INO. The van der Waals surface area contributed by atoms with Crippen molar-refractivity contribution < 1.29 is 4.74 Å². The molecule has 0 saturated carbocycles. The van der Waals surface area contributed by atoms with Gasteiger partial charge in [-0.2, -0.15) is 0 Å². The fraction of sp³-hybridized carbons (Fsp3) is 0.647.